The van der Waals surface area contributed by atoms with Gasteiger partial charge in [-0.3, -0.25) is 4.98 Å². The average Bonchev–Trinajstić information content (AvgIpc) is 2.05. The van der Waals surface area contributed by atoms with Gasteiger partial charge in [0.05, 0.1) is 0 Å². The number of nitrogens with zero attached hydrogens (tertiary/aromatic N) is 1. The summed E-state index contributed by atoms with van der Waals surface area (Å²) in [5.41, 5.74) is 0.141. The van der Waals surface area contributed by atoms with Crippen LogP contribution < -0.4 is 0 Å². The molecule has 0 aliphatic heterocycles. The molecule has 0 unspecified atom stereocenters. The molecule has 4 heteroatoms. The highest BCUT2D eigenvalue weighted by Crippen LogP contribution is 2.18. The summed E-state index contributed by atoms with van der Waals surface area (Å²) in [5, 5.41) is 8.81. The van der Waals surface area contributed by atoms with Gasteiger partial charge in [-0.05, 0) is 6.07 Å². The van der Waals surface area contributed by atoms with Gasteiger partial charge in [-0.2, -0.15) is 0 Å². The quantitative estimate of drug-likeness (QED) is 0.707. The van der Waals surface area contributed by atoms with Crippen molar-refractivity contribution in [1.82, 2.24) is 4.98 Å². The third-order valence-corrected chi connectivity index (χ3v) is 1.26. The fourth-order valence-electron chi connectivity index (χ4n) is 0.696. The first-order valence-electron chi connectivity index (χ1n) is 3.08. The van der Waals surface area contributed by atoms with E-state index in [1.165, 1.54) is 24.5 Å². The molecule has 0 spiro atoms. The van der Waals surface area contributed by atoms with Gasteiger partial charge >= 0.3 is 0 Å². The molecule has 1 N–H and O–H groups in total. The number of aliphatic hydroxyl groups excluding tert-OH is 1. The highest BCUT2D eigenvalue weighted by atomic mass is 19.3. The van der Waals surface area contributed by atoms with Crippen molar-refractivity contribution in [3.63, 3.8) is 0 Å². The van der Waals surface area contributed by atoms with Gasteiger partial charge < -0.3 is 5.11 Å². The minimum absolute atomic E-state index is 0.141. The van der Waals surface area contributed by atoms with E-state index >= 15 is 0 Å². The van der Waals surface area contributed by atoms with Crippen molar-refractivity contribution >= 4 is 0 Å². The second-order valence-electron chi connectivity index (χ2n) is 2.07. The molecule has 0 aromatic carbocycles. The van der Waals surface area contributed by atoms with Crippen LogP contribution in [-0.4, -0.2) is 16.5 Å². The van der Waals surface area contributed by atoms with E-state index in [4.69, 9.17) is 5.11 Å². The van der Waals surface area contributed by atoms with E-state index in [2.05, 4.69) is 4.98 Å². The smallest absolute Gasteiger partial charge is 0.268 e. The Morgan fingerprint density at radius 1 is 1.45 bits per heavy atom. The number of halogens is 2. The number of aliphatic hydroxyl groups is 1. The SMILES string of the molecule is O[C@@H](c1cccnc1)C(F)F. The molecule has 11 heavy (non-hydrogen) atoms. The van der Waals surface area contributed by atoms with Crippen molar-refractivity contribution in [2.24, 2.45) is 0 Å². The lowest BCUT2D eigenvalue weighted by Gasteiger charge is -2.07. The molecule has 2 nitrogen and oxygen atoms in total. The number of aromatic nitrogens is 1. The van der Waals surface area contributed by atoms with Crippen LogP contribution >= 0.6 is 0 Å². The molecule has 0 fully saturated rings. The van der Waals surface area contributed by atoms with Crippen LogP contribution in [0.15, 0.2) is 24.5 Å². The number of rotatable bonds is 2. The summed E-state index contributed by atoms with van der Waals surface area (Å²) in [6, 6.07) is 2.91. The number of hydrogen-bond donors (Lipinski definition) is 1. The summed E-state index contributed by atoms with van der Waals surface area (Å²) >= 11 is 0. The Bertz CT molecular complexity index is 215. The van der Waals surface area contributed by atoms with Crippen molar-refractivity contribution in [3.05, 3.63) is 30.1 Å². The van der Waals surface area contributed by atoms with Gasteiger partial charge in [0.15, 0.2) is 0 Å². The van der Waals surface area contributed by atoms with Crippen LogP contribution in [0.2, 0.25) is 0 Å². The average molecular weight is 159 g/mol. The summed E-state index contributed by atoms with van der Waals surface area (Å²) in [6.07, 6.45) is -1.79. The molecular weight excluding hydrogens is 152 g/mol. The second-order valence-corrected chi connectivity index (χ2v) is 2.07. The van der Waals surface area contributed by atoms with Crippen molar-refractivity contribution < 1.29 is 13.9 Å². The Balaban J connectivity index is 2.77. The molecule has 1 aromatic rings. The normalized spacial score (nSPS) is 13.5. The summed E-state index contributed by atoms with van der Waals surface area (Å²) in [6.45, 7) is 0. The van der Waals surface area contributed by atoms with E-state index in [0.717, 1.165) is 0 Å². The van der Waals surface area contributed by atoms with Gasteiger partial charge in [-0.1, -0.05) is 6.07 Å². The van der Waals surface area contributed by atoms with Gasteiger partial charge in [-0.15, -0.1) is 0 Å². The first-order valence-corrected chi connectivity index (χ1v) is 3.08. The zero-order valence-corrected chi connectivity index (χ0v) is 5.61. The topological polar surface area (TPSA) is 33.1 Å². The van der Waals surface area contributed by atoms with Gasteiger partial charge in [0.25, 0.3) is 6.43 Å². The van der Waals surface area contributed by atoms with Gasteiger partial charge in [0.2, 0.25) is 0 Å². The van der Waals surface area contributed by atoms with Crippen LogP contribution in [0.25, 0.3) is 0 Å². The van der Waals surface area contributed by atoms with E-state index in [1.807, 2.05) is 0 Å². The molecule has 1 heterocycles. The maximum Gasteiger partial charge on any atom is 0.268 e. The Morgan fingerprint density at radius 3 is 2.64 bits per heavy atom. The number of hydrogen-bond acceptors (Lipinski definition) is 2. The summed E-state index contributed by atoms with van der Waals surface area (Å²) in [7, 11) is 0. The van der Waals surface area contributed by atoms with Gasteiger partial charge in [-0.25, -0.2) is 8.78 Å². The van der Waals surface area contributed by atoms with Crippen LogP contribution in [0.5, 0.6) is 0 Å². The van der Waals surface area contributed by atoms with Gasteiger partial charge in [0.1, 0.15) is 6.10 Å². The standard InChI is InChI=1S/C7H7F2NO/c8-7(9)6(11)5-2-1-3-10-4-5/h1-4,6-7,11H/t6-/m0/s1. The molecule has 0 amide bonds. The minimum Gasteiger partial charge on any atom is -0.382 e. The zero-order chi connectivity index (χ0) is 8.27. The molecule has 60 valence electrons. The van der Waals surface area contributed by atoms with E-state index < -0.39 is 12.5 Å². The fourth-order valence-corrected chi connectivity index (χ4v) is 0.696. The molecular formula is C7H7F2NO. The van der Waals surface area contributed by atoms with E-state index in [1.54, 1.807) is 0 Å². The number of alkyl halides is 2. The largest absolute Gasteiger partial charge is 0.382 e. The van der Waals surface area contributed by atoms with Crippen molar-refractivity contribution in [1.29, 1.82) is 0 Å². The molecule has 0 saturated heterocycles. The highest BCUT2D eigenvalue weighted by molar-refractivity contribution is 5.12. The predicted octanol–water partition coefficient (Wildman–Crippen LogP) is 1.38. The van der Waals surface area contributed by atoms with Crippen LogP contribution in [0.3, 0.4) is 0 Å². The zero-order valence-electron chi connectivity index (χ0n) is 5.61. The van der Waals surface area contributed by atoms with E-state index in [-0.39, 0.29) is 5.56 Å². The predicted molar refractivity (Wildman–Crippen MR) is 35.2 cm³/mol. The highest BCUT2D eigenvalue weighted by Gasteiger charge is 2.18. The maximum absolute atomic E-state index is 11.8. The summed E-state index contributed by atoms with van der Waals surface area (Å²) in [5.74, 6) is 0. The molecule has 1 aromatic heterocycles. The fraction of sp³-hybridized carbons (Fsp3) is 0.286. The third kappa shape index (κ3) is 1.94. The second kappa shape index (κ2) is 3.39. The maximum atomic E-state index is 11.8. The Morgan fingerprint density at radius 2 is 2.18 bits per heavy atom. The van der Waals surface area contributed by atoms with E-state index in [0.29, 0.717) is 0 Å². The minimum atomic E-state index is -2.75. The monoisotopic (exact) mass is 159 g/mol. The Labute approximate surface area is 62.5 Å². The Kier molecular flexibility index (Phi) is 2.48. The van der Waals surface area contributed by atoms with Crippen molar-refractivity contribution in [2.45, 2.75) is 12.5 Å². The number of pyridine rings is 1. The van der Waals surface area contributed by atoms with Crippen LogP contribution in [-0.2, 0) is 0 Å². The molecule has 0 bridgehead atoms. The van der Waals surface area contributed by atoms with E-state index in [9.17, 15) is 8.78 Å². The Hall–Kier alpha value is -1.03. The lowest BCUT2D eigenvalue weighted by atomic mass is 10.2. The molecule has 1 rings (SSSR count). The molecule has 0 radical (unpaired) electrons. The van der Waals surface area contributed by atoms with Crippen LogP contribution in [0, 0.1) is 0 Å². The first kappa shape index (κ1) is 8.07. The summed E-state index contributed by atoms with van der Waals surface area (Å²) < 4.78 is 23.7. The lowest BCUT2D eigenvalue weighted by molar-refractivity contribution is -0.00596. The molecule has 0 aliphatic carbocycles. The lowest BCUT2D eigenvalue weighted by Crippen LogP contribution is -2.07. The first-order chi connectivity index (χ1) is 5.22. The third-order valence-electron chi connectivity index (χ3n) is 1.26. The van der Waals surface area contributed by atoms with Crippen molar-refractivity contribution in [3.8, 4) is 0 Å². The molecule has 0 saturated carbocycles. The van der Waals surface area contributed by atoms with Gasteiger partial charge in [0, 0.05) is 18.0 Å². The summed E-state index contributed by atoms with van der Waals surface area (Å²) in [4.78, 5) is 3.59. The van der Waals surface area contributed by atoms with Crippen LogP contribution in [0.4, 0.5) is 8.78 Å². The van der Waals surface area contributed by atoms with Crippen LogP contribution in [0.1, 0.15) is 11.7 Å². The molecule has 1 atom stereocenters. The van der Waals surface area contributed by atoms with Crippen molar-refractivity contribution in [2.75, 3.05) is 0 Å². The molecule has 0 aliphatic rings.